The van der Waals surface area contributed by atoms with Crippen molar-refractivity contribution in [3.05, 3.63) is 53.2 Å². The Morgan fingerprint density at radius 2 is 1.91 bits per heavy atom. The smallest absolute Gasteiger partial charge is 0.407 e. The molecule has 1 amide bonds. The average Bonchev–Trinajstić information content (AvgIpc) is 3.34. The highest BCUT2D eigenvalue weighted by molar-refractivity contribution is 5.97. The number of likely N-dealkylation sites (tertiary alicyclic amines) is 1. The van der Waals surface area contributed by atoms with Gasteiger partial charge in [-0.3, -0.25) is 9.80 Å². The standard InChI is InChI=1S/C35H44FN7O3/c1-23-8-6-9-24-10-7-11-29(30(23)24)41-15-12-27-28(20-41)38-32(46-21-26-18-25(36)19-40(26)5)39-31(27)42-16-17-43(33(44)45)35(22-42,13-14-37)34(2,3)4/h6-11,25-26H,12-13,15-22H2,1-5H3,(H,44,45)/t25-,26+,35-/m1/s1. The number of halogens is 1. The molecule has 0 saturated carbocycles. The maximum atomic E-state index is 14.1. The third-order valence-corrected chi connectivity index (χ3v) is 10.4. The fraction of sp³-hybridized carbons (Fsp3) is 0.543. The number of hydrogen-bond donors (Lipinski definition) is 1. The van der Waals surface area contributed by atoms with Crippen LogP contribution in [-0.4, -0.2) is 95.1 Å². The summed E-state index contributed by atoms with van der Waals surface area (Å²) in [5, 5.41) is 22.5. The lowest BCUT2D eigenvalue weighted by molar-refractivity contribution is -0.00290. The van der Waals surface area contributed by atoms with Crippen LogP contribution in [0.3, 0.4) is 0 Å². The highest BCUT2D eigenvalue weighted by Gasteiger charge is 2.53. The van der Waals surface area contributed by atoms with Crippen LogP contribution in [0.2, 0.25) is 0 Å². The lowest BCUT2D eigenvalue weighted by Gasteiger charge is -2.55. The van der Waals surface area contributed by atoms with Crippen LogP contribution in [0.4, 0.5) is 20.7 Å². The van der Waals surface area contributed by atoms with Crippen molar-refractivity contribution in [3.8, 4) is 12.1 Å². The average molecular weight is 630 g/mol. The number of nitriles is 1. The molecule has 0 unspecified atom stereocenters. The van der Waals surface area contributed by atoms with Crippen molar-refractivity contribution in [3.63, 3.8) is 0 Å². The number of piperazine rings is 1. The summed E-state index contributed by atoms with van der Waals surface area (Å²) in [6.07, 6.45) is -0.745. The van der Waals surface area contributed by atoms with Crippen LogP contribution in [0.15, 0.2) is 36.4 Å². The zero-order chi connectivity index (χ0) is 32.8. The Balaban J connectivity index is 1.40. The fourth-order valence-electron chi connectivity index (χ4n) is 7.63. The first-order valence-corrected chi connectivity index (χ1v) is 16.1. The van der Waals surface area contributed by atoms with Crippen LogP contribution < -0.4 is 14.5 Å². The molecule has 2 saturated heterocycles. The summed E-state index contributed by atoms with van der Waals surface area (Å²) in [5.41, 5.74) is 2.78. The van der Waals surface area contributed by atoms with E-state index in [1.54, 1.807) is 0 Å². The molecule has 3 aliphatic rings. The number of benzene rings is 2. The molecule has 0 radical (unpaired) electrons. The quantitative estimate of drug-likeness (QED) is 0.382. The van der Waals surface area contributed by atoms with E-state index < -0.39 is 23.2 Å². The third-order valence-electron chi connectivity index (χ3n) is 10.4. The van der Waals surface area contributed by atoms with Gasteiger partial charge in [0.15, 0.2) is 0 Å². The summed E-state index contributed by atoms with van der Waals surface area (Å²) in [4.78, 5) is 30.3. The second-order valence-electron chi connectivity index (χ2n) is 14.1. The van der Waals surface area contributed by atoms with Gasteiger partial charge in [0.2, 0.25) is 0 Å². The van der Waals surface area contributed by atoms with Gasteiger partial charge in [-0.2, -0.15) is 15.2 Å². The van der Waals surface area contributed by atoms with Crippen LogP contribution in [0, 0.1) is 23.7 Å². The van der Waals surface area contributed by atoms with Crippen molar-refractivity contribution in [1.82, 2.24) is 19.8 Å². The number of rotatable bonds is 6. The first-order valence-electron chi connectivity index (χ1n) is 16.1. The molecule has 244 valence electrons. The molecule has 1 N–H and O–H groups in total. The SMILES string of the molecule is Cc1cccc2cccc(N3CCc4c(nc(OC[C@@H]5C[C@@H](F)CN5C)nc4N4CCN(C(=O)O)[C@@](CC#N)(C(C)(C)C)C4)C3)c12. The molecule has 3 aliphatic heterocycles. The lowest BCUT2D eigenvalue weighted by Crippen LogP contribution is -2.69. The van der Waals surface area contributed by atoms with E-state index in [0.29, 0.717) is 39.0 Å². The second kappa shape index (κ2) is 12.2. The van der Waals surface area contributed by atoms with Crippen molar-refractivity contribution < 1.29 is 19.0 Å². The number of hydrogen-bond acceptors (Lipinski definition) is 8. The molecule has 0 spiro atoms. The molecule has 0 aliphatic carbocycles. The van der Waals surface area contributed by atoms with Crippen molar-refractivity contribution in [2.75, 3.05) is 56.2 Å². The minimum atomic E-state index is -1.02. The van der Waals surface area contributed by atoms with Crippen LogP contribution in [0.25, 0.3) is 10.8 Å². The molecule has 3 aromatic rings. The van der Waals surface area contributed by atoms with Gasteiger partial charge in [0.05, 0.1) is 30.3 Å². The number of nitrogens with zero attached hydrogens (tertiary/aromatic N) is 7. The molecule has 6 rings (SSSR count). The fourth-order valence-corrected chi connectivity index (χ4v) is 7.63. The number of alkyl halides is 1. The van der Waals surface area contributed by atoms with E-state index in [9.17, 15) is 19.6 Å². The monoisotopic (exact) mass is 629 g/mol. The van der Waals surface area contributed by atoms with Gasteiger partial charge in [-0.25, -0.2) is 9.18 Å². The molecule has 2 fully saturated rings. The highest BCUT2D eigenvalue weighted by atomic mass is 19.1. The van der Waals surface area contributed by atoms with E-state index >= 15 is 0 Å². The van der Waals surface area contributed by atoms with Gasteiger partial charge >= 0.3 is 12.1 Å². The Kier molecular flexibility index (Phi) is 8.44. The Morgan fingerprint density at radius 1 is 1.15 bits per heavy atom. The maximum absolute atomic E-state index is 14.1. The van der Waals surface area contributed by atoms with Crippen LogP contribution in [-0.2, 0) is 13.0 Å². The molecule has 4 heterocycles. The summed E-state index contributed by atoms with van der Waals surface area (Å²) >= 11 is 0. The van der Waals surface area contributed by atoms with Gasteiger partial charge in [-0.05, 0) is 49.2 Å². The Morgan fingerprint density at radius 3 is 2.59 bits per heavy atom. The molecule has 46 heavy (non-hydrogen) atoms. The van der Waals surface area contributed by atoms with E-state index in [4.69, 9.17) is 14.7 Å². The largest absolute Gasteiger partial charge is 0.465 e. The molecule has 11 heteroatoms. The van der Waals surface area contributed by atoms with Gasteiger partial charge in [0.1, 0.15) is 18.6 Å². The number of carbonyl (C=O) groups is 1. The van der Waals surface area contributed by atoms with Gasteiger partial charge in [-0.1, -0.05) is 51.1 Å². The number of anilines is 2. The van der Waals surface area contributed by atoms with E-state index in [0.717, 1.165) is 29.3 Å². The number of carboxylic acid groups (broad SMARTS) is 1. The molecule has 3 atom stereocenters. The zero-order valence-electron chi connectivity index (χ0n) is 27.5. The number of aryl methyl sites for hydroxylation is 1. The Hall–Kier alpha value is -4.17. The Labute approximate surface area is 270 Å². The number of fused-ring (bicyclic) bond motifs is 2. The van der Waals surface area contributed by atoms with E-state index in [1.165, 1.54) is 21.2 Å². The van der Waals surface area contributed by atoms with Crippen molar-refractivity contribution in [2.24, 2.45) is 5.41 Å². The van der Waals surface area contributed by atoms with Crippen LogP contribution in [0.5, 0.6) is 6.01 Å². The summed E-state index contributed by atoms with van der Waals surface area (Å²) in [5.74, 6) is 0.730. The zero-order valence-corrected chi connectivity index (χ0v) is 27.5. The molecule has 10 nitrogen and oxygen atoms in total. The first kappa shape index (κ1) is 31.8. The summed E-state index contributed by atoms with van der Waals surface area (Å²) in [6, 6.07) is 15.2. The van der Waals surface area contributed by atoms with E-state index in [1.807, 2.05) is 32.7 Å². The lowest BCUT2D eigenvalue weighted by atomic mass is 9.69. The summed E-state index contributed by atoms with van der Waals surface area (Å²) in [6.45, 7) is 11.1. The van der Waals surface area contributed by atoms with Crippen molar-refractivity contribution in [1.29, 1.82) is 5.26 Å². The normalized spacial score (nSPS) is 23.8. The Bertz CT molecular complexity index is 1670. The third kappa shape index (κ3) is 5.68. The minimum absolute atomic E-state index is 0.0581. The van der Waals surface area contributed by atoms with Gasteiger partial charge in [-0.15, -0.1) is 0 Å². The molecule has 0 bridgehead atoms. The molecule has 2 aromatic carbocycles. The first-order chi connectivity index (χ1) is 21.9. The number of ether oxygens (including phenoxy) is 1. The van der Waals surface area contributed by atoms with E-state index in [-0.39, 0.29) is 31.6 Å². The molecular formula is C35H44FN7O3. The van der Waals surface area contributed by atoms with Crippen LogP contribution >= 0.6 is 0 Å². The van der Waals surface area contributed by atoms with Gasteiger partial charge < -0.3 is 19.6 Å². The van der Waals surface area contributed by atoms with Gasteiger partial charge in [0.25, 0.3) is 0 Å². The highest BCUT2D eigenvalue weighted by Crippen LogP contribution is 2.43. The van der Waals surface area contributed by atoms with Crippen molar-refractivity contribution in [2.45, 2.75) is 71.3 Å². The molecule has 1 aromatic heterocycles. The predicted molar refractivity (Wildman–Crippen MR) is 176 cm³/mol. The predicted octanol–water partition coefficient (Wildman–Crippen LogP) is 5.42. The molecular weight excluding hydrogens is 585 g/mol. The van der Waals surface area contributed by atoms with Crippen LogP contribution in [0.1, 0.15) is 50.4 Å². The number of aromatic nitrogens is 2. The van der Waals surface area contributed by atoms with Gasteiger partial charge in [0, 0.05) is 55.4 Å². The minimum Gasteiger partial charge on any atom is -0.465 e. The second-order valence-corrected chi connectivity index (χ2v) is 14.1. The van der Waals surface area contributed by atoms with E-state index in [2.05, 4.69) is 59.2 Å². The number of likely N-dealkylation sites (N-methyl/N-ethyl adjacent to an activating group) is 1. The maximum Gasteiger partial charge on any atom is 0.407 e. The summed E-state index contributed by atoms with van der Waals surface area (Å²) < 4.78 is 20.4. The topological polar surface area (TPSA) is 109 Å². The van der Waals surface area contributed by atoms with Crippen molar-refractivity contribution >= 4 is 28.4 Å². The number of amides is 1. The summed E-state index contributed by atoms with van der Waals surface area (Å²) in [7, 11) is 1.90.